The van der Waals surface area contributed by atoms with Crippen LogP contribution in [0.3, 0.4) is 0 Å². The Morgan fingerprint density at radius 1 is 1.16 bits per heavy atom. The molecule has 0 aliphatic heterocycles. The number of amides is 1. The minimum atomic E-state index is -3.71. The van der Waals surface area contributed by atoms with Crippen LogP contribution in [-0.4, -0.2) is 39.8 Å². The van der Waals surface area contributed by atoms with E-state index < -0.39 is 10.0 Å². The molecule has 0 aliphatic carbocycles. The van der Waals surface area contributed by atoms with Crippen LogP contribution in [0.2, 0.25) is 0 Å². The Kier molecular flexibility index (Phi) is 5.81. The van der Waals surface area contributed by atoms with E-state index in [9.17, 15) is 13.2 Å². The number of nitrogens with one attached hydrogen (secondary N) is 1. The van der Waals surface area contributed by atoms with Crippen LogP contribution in [0.5, 0.6) is 5.75 Å². The molecule has 0 saturated heterocycles. The first kappa shape index (κ1) is 19.0. The van der Waals surface area contributed by atoms with E-state index in [1.807, 2.05) is 12.1 Å². The molecule has 6 nitrogen and oxygen atoms in total. The van der Waals surface area contributed by atoms with Gasteiger partial charge in [-0.1, -0.05) is 18.2 Å². The van der Waals surface area contributed by atoms with Crippen molar-refractivity contribution in [3.63, 3.8) is 0 Å². The van der Waals surface area contributed by atoms with Gasteiger partial charge in [-0.3, -0.25) is 4.79 Å². The van der Waals surface area contributed by atoms with Gasteiger partial charge in [0.05, 0.1) is 12.0 Å². The third-order valence-electron chi connectivity index (χ3n) is 3.95. The number of carbonyl (C=O) groups is 1. The summed E-state index contributed by atoms with van der Waals surface area (Å²) in [5.74, 6) is 0.398. The molecule has 0 heterocycles. The quantitative estimate of drug-likeness (QED) is 0.855. The van der Waals surface area contributed by atoms with E-state index in [1.54, 1.807) is 32.2 Å². The van der Waals surface area contributed by atoms with Gasteiger partial charge in [-0.2, -0.15) is 4.31 Å². The van der Waals surface area contributed by atoms with Gasteiger partial charge in [-0.25, -0.2) is 8.42 Å². The summed E-state index contributed by atoms with van der Waals surface area (Å²) >= 11 is 0. The van der Waals surface area contributed by atoms with Gasteiger partial charge >= 0.3 is 0 Å². The number of hydrogen-bond acceptors (Lipinski definition) is 4. The first-order valence-electron chi connectivity index (χ1n) is 7.71. The van der Waals surface area contributed by atoms with Gasteiger partial charge < -0.3 is 10.1 Å². The molecule has 0 aliphatic rings. The summed E-state index contributed by atoms with van der Waals surface area (Å²) in [5.41, 5.74) is 1.91. The van der Waals surface area contributed by atoms with E-state index in [0.717, 1.165) is 11.1 Å². The van der Waals surface area contributed by atoms with E-state index in [2.05, 4.69) is 5.32 Å². The molecule has 25 heavy (non-hydrogen) atoms. The van der Waals surface area contributed by atoms with E-state index in [0.29, 0.717) is 11.3 Å². The average Bonchev–Trinajstić information content (AvgIpc) is 2.61. The Hall–Kier alpha value is -2.38. The van der Waals surface area contributed by atoms with Crippen molar-refractivity contribution < 1.29 is 17.9 Å². The summed E-state index contributed by atoms with van der Waals surface area (Å²) in [6.07, 6.45) is 0. The highest BCUT2D eigenvalue weighted by molar-refractivity contribution is 7.89. The summed E-state index contributed by atoms with van der Waals surface area (Å²) in [7, 11) is 0.890. The van der Waals surface area contributed by atoms with Gasteiger partial charge in [0.15, 0.2) is 0 Å². The van der Waals surface area contributed by atoms with Crippen LogP contribution in [0, 0.1) is 6.92 Å². The molecule has 0 aromatic heterocycles. The largest absolute Gasteiger partial charge is 0.497 e. The molecular formula is C18H22N2O4S. The zero-order valence-corrected chi connectivity index (χ0v) is 15.6. The van der Waals surface area contributed by atoms with Crippen molar-refractivity contribution in [3.05, 3.63) is 59.2 Å². The standard InChI is InChI=1S/C18H22N2O4S/c1-13-5-10-16(11-17(13)18(21)19-2)25(22,23)20(3)12-14-6-8-15(24-4)9-7-14/h5-11H,12H2,1-4H3,(H,19,21). The zero-order valence-electron chi connectivity index (χ0n) is 14.7. The van der Waals surface area contributed by atoms with Crippen LogP contribution in [0.25, 0.3) is 0 Å². The van der Waals surface area contributed by atoms with Crippen molar-refractivity contribution in [2.75, 3.05) is 21.2 Å². The fourth-order valence-electron chi connectivity index (χ4n) is 2.39. The number of carbonyl (C=O) groups excluding carboxylic acids is 1. The topological polar surface area (TPSA) is 75.7 Å². The van der Waals surface area contributed by atoms with E-state index in [-0.39, 0.29) is 17.3 Å². The molecule has 0 bridgehead atoms. The van der Waals surface area contributed by atoms with Crippen molar-refractivity contribution in [1.29, 1.82) is 0 Å². The molecule has 1 amide bonds. The Labute approximate surface area is 148 Å². The number of ether oxygens (including phenoxy) is 1. The second-order valence-electron chi connectivity index (χ2n) is 5.67. The Morgan fingerprint density at radius 2 is 1.80 bits per heavy atom. The lowest BCUT2D eigenvalue weighted by atomic mass is 10.1. The maximum absolute atomic E-state index is 12.8. The molecule has 0 atom stereocenters. The molecule has 2 aromatic carbocycles. The van der Waals surface area contributed by atoms with Crippen LogP contribution in [0.1, 0.15) is 21.5 Å². The van der Waals surface area contributed by atoms with Crippen molar-refractivity contribution >= 4 is 15.9 Å². The number of benzene rings is 2. The normalized spacial score (nSPS) is 11.4. The molecule has 0 fully saturated rings. The van der Waals surface area contributed by atoms with Gasteiger partial charge in [0.25, 0.3) is 5.91 Å². The number of hydrogen-bond donors (Lipinski definition) is 1. The summed E-state index contributed by atoms with van der Waals surface area (Å²) in [4.78, 5) is 12.0. The third-order valence-corrected chi connectivity index (χ3v) is 5.75. The zero-order chi connectivity index (χ0) is 18.6. The van der Waals surface area contributed by atoms with Gasteiger partial charge in [0.2, 0.25) is 10.0 Å². The fraction of sp³-hybridized carbons (Fsp3) is 0.278. The number of methoxy groups -OCH3 is 1. The van der Waals surface area contributed by atoms with Gasteiger partial charge in [0.1, 0.15) is 5.75 Å². The van der Waals surface area contributed by atoms with Crippen molar-refractivity contribution in [3.8, 4) is 5.75 Å². The SMILES string of the molecule is CNC(=O)c1cc(S(=O)(=O)N(C)Cc2ccc(OC)cc2)ccc1C. The average molecular weight is 362 g/mol. The molecule has 7 heteroatoms. The van der Waals surface area contributed by atoms with Crippen LogP contribution < -0.4 is 10.1 Å². The second-order valence-corrected chi connectivity index (χ2v) is 7.71. The Balaban J connectivity index is 2.29. The molecule has 2 rings (SSSR count). The maximum atomic E-state index is 12.8. The summed E-state index contributed by atoms with van der Waals surface area (Å²) < 4.78 is 32.0. The Bertz CT molecular complexity index is 861. The monoisotopic (exact) mass is 362 g/mol. The molecular weight excluding hydrogens is 340 g/mol. The molecule has 0 unspecified atom stereocenters. The summed E-state index contributed by atoms with van der Waals surface area (Å²) in [6, 6.07) is 11.8. The smallest absolute Gasteiger partial charge is 0.251 e. The maximum Gasteiger partial charge on any atom is 0.251 e. The third kappa shape index (κ3) is 4.18. The van der Waals surface area contributed by atoms with Crippen LogP contribution in [-0.2, 0) is 16.6 Å². The van der Waals surface area contributed by atoms with Crippen LogP contribution in [0.4, 0.5) is 0 Å². The lowest BCUT2D eigenvalue weighted by Gasteiger charge is -2.18. The minimum absolute atomic E-state index is 0.0905. The van der Waals surface area contributed by atoms with Crippen molar-refractivity contribution in [2.45, 2.75) is 18.4 Å². The van der Waals surface area contributed by atoms with Crippen LogP contribution >= 0.6 is 0 Å². The molecule has 134 valence electrons. The second kappa shape index (κ2) is 7.67. The van der Waals surface area contributed by atoms with Gasteiger partial charge in [-0.15, -0.1) is 0 Å². The lowest BCUT2D eigenvalue weighted by molar-refractivity contribution is 0.0962. The van der Waals surface area contributed by atoms with Gasteiger partial charge in [-0.05, 0) is 42.3 Å². The highest BCUT2D eigenvalue weighted by atomic mass is 32.2. The molecule has 0 spiro atoms. The fourth-order valence-corrected chi connectivity index (χ4v) is 3.58. The first-order chi connectivity index (χ1) is 11.8. The number of nitrogens with zero attached hydrogens (tertiary/aromatic N) is 1. The van der Waals surface area contributed by atoms with Crippen molar-refractivity contribution in [2.24, 2.45) is 0 Å². The number of aryl methyl sites for hydroxylation is 1. The molecule has 1 N–H and O–H groups in total. The van der Waals surface area contributed by atoms with E-state index >= 15 is 0 Å². The minimum Gasteiger partial charge on any atom is -0.497 e. The highest BCUT2D eigenvalue weighted by Crippen LogP contribution is 2.21. The lowest BCUT2D eigenvalue weighted by Crippen LogP contribution is -2.27. The van der Waals surface area contributed by atoms with Crippen molar-refractivity contribution in [1.82, 2.24) is 9.62 Å². The number of sulfonamides is 1. The predicted octanol–water partition coefficient (Wildman–Crippen LogP) is 2.18. The summed E-state index contributed by atoms with van der Waals surface area (Å²) in [5, 5.41) is 2.52. The van der Waals surface area contributed by atoms with E-state index in [1.165, 1.54) is 30.5 Å². The molecule has 2 aromatic rings. The summed E-state index contributed by atoms with van der Waals surface area (Å²) in [6.45, 7) is 1.98. The molecule has 0 radical (unpaired) electrons. The highest BCUT2D eigenvalue weighted by Gasteiger charge is 2.22. The van der Waals surface area contributed by atoms with Crippen LogP contribution in [0.15, 0.2) is 47.4 Å². The van der Waals surface area contributed by atoms with Gasteiger partial charge in [0, 0.05) is 26.2 Å². The Morgan fingerprint density at radius 3 is 2.36 bits per heavy atom. The predicted molar refractivity (Wildman–Crippen MR) is 96.2 cm³/mol. The van der Waals surface area contributed by atoms with E-state index in [4.69, 9.17) is 4.74 Å². The first-order valence-corrected chi connectivity index (χ1v) is 9.15. The number of rotatable bonds is 6. The molecule has 0 saturated carbocycles.